The third-order valence-electron chi connectivity index (χ3n) is 3.98. The molecule has 1 aliphatic rings. The van der Waals surface area contributed by atoms with Crippen LogP contribution in [0.3, 0.4) is 0 Å². The molecule has 6 nitrogen and oxygen atoms in total. The Morgan fingerprint density at radius 1 is 1.12 bits per heavy atom. The maximum absolute atomic E-state index is 11.6. The van der Waals surface area contributed by atoms with Crippen molar-refractivity contribution in [2.45, 2.75) is 0 Å². The molecule has 1 fully saturated rings. The molecule has 0 aromatic heterocycles. The summed E-state index contributed by atoms with van der Waals surface area (Å²) in [6, 6.07) is 7.95. The van der Waals surface area contributed by atoms with Crippen LogP contribution in [0.2, 0.25) is 0 Å². The largest absolute Gasteiger partial charge is 0.491 e. The molecule has 1 aromatic carbocycles. The van der Waals surface area contributed by atoms with Gasteiger partial charge in [0, 0.05) is 37.9 Å². The molecular weight excluding hydrogens is 356 g/mol. The number of benzene rings is 1. The molecule has 1 amide bonds. The van der Waals surface area contributed by atoms with Crippen LogP contribution >= 0.6 is 11.6 Å². The van der Waals surface area contributed by atoms with E-state index in [4.69, 9.17) is 32.2 Å². The number of hydrogen-bond donors (Lipinski definition) is 0. The van der Waals surface area contributed by atoms with Gasteiger partial charge in [-0.05, 0) is 12.1 Å². The molecular formula is C19H25ClN2O4. The molecule has 26 heavy (non-hydrogen) atoms. The molecule has 0 aliphatic carbocycles. The number of terminal acetylenes is 1. The number of carbonyl (C=O) groups is 1. The van der Waals surface area contributed by atoms with E-state index >= 15 is 0 Å². The first kappa shape index (κ1) is 20.4. The lowest BCUT2D eigenvalue weighted by Crippen LogP contribution is -2.49. The SMILES string of the molecule is C#CCOCCOCCOc1cccc(N2CCN(C(=O)CCl)CC2)c1. The van der Waals surface area contributed by atoms with Crippen molar-refractivity contribution in [3.05, 3.63) is 24.3 Å². The molecule has 0 radical (unpaired) electrons. The van der Waals surface area contributed by atoms with Crippen LogP contribution in [0.5, 0.6) is 5.75 Å². The second kappa shape index (κ2) is 11.6. The summed E-state index contributed by atoms with van der Waals surface area (Å²) in [6.45, 7) is 5.19. The molecule has 0 spiro atoms. The van der Waals surface area contributed by atoms with Crippen LogP contribution in [0.25, 0.3) is 0 Å². The normalized spacial score (nSPS) is 14.2. The summed E-state index contributed by atoms with van der Waals surface area (Å²) >= 11 is 5.62. The van der Waals surface area contributed by atoms with Crippen LogP contribution in [0.1, 0.15) is 0 Å². The fraction of sp³-hybridized carbons (Fsp3) is 0.526. The van der Waals surface area contributed by atoms with Crippen molar-refractivity contribution in [1.29, 1.82) is 0 Å². The predicted molar refractivity (Wildman–Crippen MR) is 102 cm³/mol. The van der Waals surface area contributed by atoms with E-state index in [2.05, 4.69) is 10.8 Å². The van der Waals surface area contributed by atoms with Gasteiger partial charge in [-0.15, -0.1) is 18.0 Å². The highest BCUT2D eigenvalue weighted by atomic mass is 35.5. The first-order chi connectivity index (χ1) is 12.7. The van der Waals surface area contributed by atoms with Gasteiger partial charge in [0.2, 0.25) is 5.91 Å². The van der Waals surface area contributed by atoms with Crippen molar-refractivity contribution < 1.29 is 19.0 Å². The van der Waals surface area contributed by atoms with Gasteiger partial charge < -0.3 is 24.0 Å². The molecule has 142 valence electrons. The van der Waals surface area contributed by atoms with E-state index in [-0.39, 0.29) is 11.8 Å². The van der Waals surface area contributed by atoms with Crippen molar-refractivity contribution in [2.75, 3.05) is 70.0 Å². The van der Waals surface area contributed by atoms with Gasteiger partial charge in [-0.1, -0.05) is 12.0 Å². The quantitative estimate of drug-likeness (QED) is 0.351. The Balaban J connectivity index is 1.70. The highest BCUT2D eigenvalue weighted by Gasteiger charge is 2.20. The minimum absolute atomic E-state index is 0.00640. The van der Waals surface area contributed by atoms with Gasteiger partial charge >= 0.3 is 0 Å². The van der Waals surface area contributed by atoms with E-state index in [1.807, 2.05) is 24.3 Å². The van der Waals surface area contributed by atoms with E-state index in [0.717, 1.165) is 24.5 Å². The first-order valence-electron chi connectivity index (χ1n) is 8.65. The molecule has 1 saturated heterocycles. The molecule has 1 aliphatic heterocycles. The molecule has 2 rings (SSSR count). The van der Waals surface area contributed by atoms with Crippen LogP contribution in [0.15, 0.2) is 24.3 Å². The first-order valence-corrected chi connectivity index (χ1v) is 9.18. The van der Waals surface area contributed by atoms with Gasteiger partial charge in [-0.25, -0.2) is 0 Å². The molecule has 0 saturated carbocycles. The van der Waals surface area contributed by atoms with Gasteiger partial charge in [-0.3, -0.25) is 4.79 Å². The molecule has 1 heterocycles. The van der Waals surface area contributed by atoms with E-state index in [0.29, 0.717) is 46.1 Å². The summed E-state index contributed by atoms with van der Waals surface area (Å²) in [4.78, 5) is 15.7. The standard InChI is InChI=1S/C19H25ClN2O4/c1-2-10-24-11-12-25-13-14-26-18-5-3-4-17(15-18)21-6-8-22(9-7-21)19(23)16-20/h1,3-5,15H,6-14,16H2. The van der Waals surface area contributed by atoms with Gasteiger partial charge in [-0.2, -0.15) is 0 Å². The van der Waals surface area contributed by atoms with E-state index < -0.39 is 0 Å². The molecule has 0 atom stereocenters. The number of ether oxygens (including phenoxy) is 3. The Kier molecular flexibility index (Phi) is 9.11. The Morgan fingerprint density at radius 3 is 2.58 bits per heavy atom. The summed E-state index contributed by atoms with van der Waals surface area (Å²) in [5, 5.41) is 0. The molecule has 0 N–H and O–H groups in total. The molecule has 7 heteroatoms. The number of piperazine rings is 1. The highest BCUT2D eigenvalue weighted by Crippen LogP contribution is 2.22. The second-order valence-corrected chi connectivity index (χ2v) is 5.98. The van der Waals surface area contributed by atoms with Gasteiger partial charge in [0.25, 0.3) is 0 Å². The van der Waals surface area contributed by atoms with Gasteiger partial charge in [0.1, 0.15) is 24.8 Å². The zero-order valence-electron chi connectivity index (χ0n) is 14.9. The van der Waals surface area contributed by atoms with Crippen LogP contribution in [0.4, 0.5) is 5.69 Å². The minimum atomic E-state index is -0.00640. The lowest BCUT2D eigenvalue weighted by Gasteiger charge is -2.36. The lowest BCUT2D eigenvalue weighted by molar-refractivity contribution is -0.128. The van der Waals surface area contributed by atoms with Gasteiger partial charge in [0.15, 0.2) is 0 Å². The van der Waals surface area contributed by atoms with Crippen LogP contribution in [-0.2, 0) is 14.3 Å². The Bertz CT molecular complexity index is 597. The number of amides is 1. The number of carbonyl (C=O) groups excluding carboxylic acids is 1. The fourth-order valence-electron chi connectivity index (χ4n) is 2.64. The summed E-state index contributed by atoms with van der Waals surface area (Å²) in [6.07, 6.45) is 5.09. The third kappa shape index (κ3) is 6.75. The topological polar surface area (TPSA) is 51.2 Å². The predicted octanol–water partition coefficient (Wildman–Crippen LogP) is 1.62. The Morgan fingerprint density at radius 2 is 1.85 bits per heavy atom. The number of nitrogens with zero attached hydrogens (tertiary/aromatic N) is 2. The van der Waals surface area contributed by atoms with Crippen LogP contribution in [0, 0.1) is 12.3 Å². The highest BCUT2D eigenvalue weighted by molar-refractivity contribution is 6.27. The summed E-state index contributed by atoms with van der Waals surface area (Å²) < 4.78 is 16.3. The van der Waals surface area contributed by atoms with E-state index in [1.54, 1.807) is 4.90 Å². The van der Waals surface area contributed by atoms with Crippen molar-refractivity contribution in [3.8, 4) is 18.1 Å². The summed E-state index contributed by atoms with van der Waals surface area (Å²) in [5.41, 5.74) is 1.09. The van der Waals surface area contributed by atoms with Gasteiger partial charge in [0.05, 0.1) is 19.8 Å². The molecule has 1 aromatic rings. The van der Waals surface area contributed by atoms with E-state index in [1.165, 1.54) is 0 Å². The smallest absolute Gasteiger partial charge is 0.237 e. The third-order valence-corrected chi connectivity index (χ3v) is 4.21. The fourth-order valence-corrected chi connectivity index (χ4v) is 2.81. The van der Waals surface area contributed by atoms with Crippen molar-refractivity contribution >= 4 is 23.2 Å². The zero-order valence-corrected chi connectivity index (χ0v) is 15.6. The lowest BCUT2D eigenvalue weighted by atomic mass is 10.2. The Hall–Kier alpha value is -1.94. The number of anilines is 1. The average Bonchev–Trinajstić information content (AvgIpc) is 2.70. The number of hydrogen-bond acceptors (Lipinski definition) is 5. The van der Waals surface area contributed by atoms with E-state index in [9.17, 15) is 4.79 Å². The number of alkyl halides is 1. The zero-order chi connectivity index (χ0) is 18.6. The van der Waals surface area contributed by atoms with Crippen molar-refractivity contribution in [2.24, 2.45) is 0 Å². The molecule has 0 unspecified atom stereocenters. The molecule has 0 bridgehead atoms. The average molecular weight is 381 g/mol. The van der Waals surface area contributed by atoms with Crippen LogP contribution in [-0.4, -0.2) is 75.9 Å². The second-order valence-electron chi connectivity index (χ2n) is 5.72. The van der Waals surface area contributed by atoms with Crippen LogP contribution < -0.4 is 9.64 Å². The number of halogens is 1. The monoisotopic (exact) mass is 380 g/mol. The summed E-state index contributed by atoms with van der Waals surface area (Å²) in [7, 11) is 0. The number of rotatable bonds is 10. The summed E-state index contributed by atoms with van der Waals surface area (Å²) in [5.74, 6) is 3.24. The van der Waals surface area contributed by atoms with Crippen molar-refractivity contribution in [1.82, 2.24) is 4.90 Å². The maximum Gasteiger partial charge on any atom is 0.237 e. The van der Waals surface area contributed by atoms with Crippen molar-refractivity contribution in [3.63, 3.8) is 0 Å². The maximum atomic E-state index is 11.6. The Labute approximate surface area is 159 Å². The minimum Gasteiger partial charge on any atom is -0.491 e.